The molecule has 0 saturated heterocycles. The van der Waals surface area contributed by atoms with Crippen molar-refractivity contribution in [1.29, 1.82) is 0 Å². The Hall–Kier alpha value is -3.39. The van der Waals surface area contributed by atoms with E-state index in [1.165, 1.54) is 18.9 Å². The van der Waals surface area contributed by atoms with Gasteiger partial charge < -0.3 is 9.30 Å². The van der Waals surface area contributed by atoms with E-state index < -0.39 is 0 Å². The van der Waals surface area contributed by atoms with Gasteiger partial charge in [0.1, 0.15) is 12.4 Å². The summed E-state index contributed by atoms with van der Waals surface area (Å²) in [7, 11) is 0. The van der Waals surface area contributed by atoms with Crippen LogP contribution in [0.3, 0.4) is 0 Å². The molecule has 1 aromatic carbocycles. The molecule has 1 fully saturated rings. The van der Waals surface area contributed by atoms with Crippen LogP contribution in [0.2, 0.25) is 0 Å². The van der Waals surface area contributed by atoms with Crippen molar-refractivity contribution in [2.24, 2.45) is 5.92 Å². The van der Waals surface area contributed by atoms with Crippen LogP contribution in [-0.2, 0) is 6.61 Å². The van der Waals surface area contributed by atoms with Crippen LogP contribution in [0, 0.1) is 31.6 Å². The van der Waals surface area contributed by atoms with Crippen LogP contribution in [0.5, 0.6) is 5.75 Å². The Balaban J connectivity index is 1.53. The van der Waals surface area contributed by atoms with Gasteiger partial charge in [-0.25, -0.2) is 9.97 Å². The van der Waals surface area contributed by atoms with Crippen LogP contribution in [0.4, 0.5) is 0 Å². The van der Waals surface area contributed by atoms with Gasteiger partial charge in [-0.05, 0) is 62.9 Å². The summed E-state index contributed by atoms with van der Waals surface area (Å²) in [4.78, 5) is 21.1. The van der Waals surface area contributed by atoms with E-state index in [0.29, 0.717) is 17.5 Å². The van der Waals surface area contributed by atoms with Crippen molar-refractivity contribution >= 4 is 0 Å². The standard InChI is InChI=1S/C25H25N3O2/c1-17-13-22(10-9-21(17)8-7-20-5-6-20)19(3)28-18(2)14-23(15-25(28)29)30-16-24-26-11-4-12-27-24/h4,9-15,19-20H,5-6,16H2,1-3H3/t19-/m1/s1. The lowest BCUT2D eigenvalue weighted by Crippen LogP contribution is -2.25. The van der Waals surface area contributed by atoms with Crippen molar-refractivity contribution in [3.63, 3.8) is 0 Å². The molecule has 152 valence electrons. The van der Waals surface area contributed by atoms with Crippen LogP contribution in [-0.4, -0.2) is 14.5 Å². The lowest BCUT2D eigenvalue weighted by Gasteiger charge is -2.20. The summed E-state index contributed by atoms with van der Waals surface area (Å²) in [6, 6.07) is 11.3. The zero-order valence-corrected chi connectivity index (χ0v) is 17.6. The van der Waals surface area contributed by atoms with E-state index in [0.717, 1.165) is 22.4 Å². The minimum absolute atomic E-state index is 0.0897. The second-order valence-corrected chi connectivity index (χ2v) is 7.79. The molecule has 2 aromatic heterocycles. The predicted octanol–water partition coefficient (Wildman–Crippen LogP) is 4.20. The van der Waals surface area contributed by atoms with E-state index in [-0.39, 0.29) is 18.2 Å². The quantitative estimate of drug-likeness (QED) is 0.603. The molecule has 0 radical (unpaired) electrons. The van der Waals surface area contributed by atoms with Crippen molar-refractivity contribution in [3.8, 4) is 17.6 Å². The van der Waals surface area contributed by atoms with Crippen molar-refractivity contribution in [2.75, 3.05) is 0 Å². The van der Waals surface area contributed by atoms with Gasteiger partial charge in [0.05, 0.1) is 6.04 Å². The molecule has 0 amide bonds. The molecule has 4 rings (SSSR count). The number of aromatic nitrogens is 3. The maximum atomic E-state index is 12.9. The molecule has 5 nitrogen and oxygen atoms in total. The molecular weight excluding hydrogens is 374 g/mol. The van der Waals surface area contributed by atoms with E-state index in [1.807, 2.05) is 19.9 Å². The summed E-state index contributed by atoms with van der Waals surface area (Å²) >= 11 is 0. The first-order chi connectivity index (χ1) is 14.5. The van der Waals surface area contributed by atoms with Gasteiger partial charge in [-0.15, -0.1) is 0 Å². The molecular formula is C25H25N3O2. The average molecular weight is 399 g/mol. The van der Waals surface area contributed by atoms with Gasteiger partial charge in [0.15, 0.2) is 5.82 Å². The number of pyridine rings is 1. The number of ether oxygens (including phenoxy) is 1. The first-order valence-corrected chi connectivity index (χ1v) is 10.3. The van der Waals surface area contributed by atoms with Gasteiger partial charge in [-0.1, -0.05) is 24.0 Å². The van der Waals surface area contributed by atoms with Crippen LogP contribution in [0.15, 0.2) is 53.6 Å². The van der Waals surface area contributed by atoms with Crippen molar-refractivity contribution in [1.82, 2.24) is 14.5 Å². The molecule has 3 aromatic rings. The third kappa shape index (κ3) is 4.60. The Bertz CT molecular complexity index is 1170. The molecule has 1 aliphatic carbocycles. The first-order valence-electron chi connectivity index (χ1n) is 10.3. The maximum Gasteiger partial charge on any atom is 0.254 e. The fourth-order valence-corrected chi connectivity index (χ4v) is 3.46. The van der Waals surface area contributed by atoms with Crippen LogP contribution in [0.1, 0.15) is 54.0 Å². The normalized spacial score (nSPS) is 14.0. The van der Waals surface area contributed by atoms with Crippen LogP contribution < -0.4 is 10.3 Å². The van der Waals surface area contributed by atoms with Crippen molar-refractivity contribution < 1.29 is 4.74 Å². The fraction of sp³-hybridized carbons (Fsp3) is 0.320. The maximum absolute atomic E-state index is 12.9. The highest BCUT2D eigenvalue weighted by molar-refractivity contribution is 5.44. The number of hydrogen-bond acceptors (Lipinski definition) is 4. The summed E-state index contributed by atoms with van der Waals surface area (Å²) in [5, 5.41) is 0. The highest BCUT2D eigenvalue weighted by Gasteiger charge is 2.18. The highest BCUT2D eigenvalue weighted by atomic mass is 16.5. The Kier molecular flexibility index (Phi) is 5.67. The molecule has 1 aliphatic rings. The van der Waals surface area contributed by atoms with Crippen LogP contribution in [0.25, 0.3) is 0 Å². The van der Waals surface area contributed by atoms with Gasteiger partial charge in [0.25, 0.3) is 5.56 Å². The number of aryl methyl sites for hydroxylation is 2. The van der Waals surface area contributed by atoms with E-state index in [1.54, 1.807) is 23.0 Å². The monoisotopic (exact) mass is 399 g/mol. The summed E-state index contributed by atoms with van der Waals surface area (Å²) in [5.74, 6) is 8.29. The lowest BCUT2D eigenvalue weighted by atomic mass is 10.0. The molecule has 5 heteroatoms. The summed E-state index contributed by atoms with van der Waals surface area (Å²) in [5.41, 5.74) is 4.03. The molecule has 0 spiro atoms. The number of nitrogens with zero attached hydrogens (tertiary/aromatic N) is 3. The van der Waals surface area contributed by atoms with Gasteiger partial charge in [0, 0.05) is 35.6 Å². The van der Waals surface area contributed by atoms with Crippen LogP contribution >= 0.6 is 0 Å². The largest absolute Gasteiger partial charge is 0.485 e. The van der Waals surface area contributed by atoms with Gasteiger partial charge in [-0.2, -0.15) is 0 Å². The molecule has 2 heterocycles. The number of rotatable bonds is 5. The zero-order chi connectivity index (χ0) is 21.1. The molecule has 0 bridgehead atoms. The fourth-order valence-electron chi connectivity index (χ4n) is 3.46. The summed E-state index contributed by atoms with van der Waals surface area (Å²) in [6.07, 6.45) is 5.78. The summed E-state index contributed by atoms with van der Waals surface area (Å²) < 4.78 is 7.51. The molecule has 0 unspecified atom stereocenters. The zero-order valence-electron chi connectivity index (χ0n) is 17.6. The van der Waals surface area contributed by atoms with E-state index in [9.17, 15) is 4.79 Å². The van der Waals surface area contributed by atoms with Gasteiger partial charge in [-0.3, -0.25) is 4.79 Å². The van der Waals surface area contributed by atoms with E-state index in [2.05, 4.69) is 46.9 Å². The van der Waals surface area contributed by atoms with Gasteiger partial charge in [0.2, 0.25) is 0 Å². The number of hydrogen-bond donors (Lipinski definition) is 0. The first kappa shape index (κ1) is 19.9. The molecule has 0 N–H and O–H groups in total. The molecule has 1 atom stereocenters. The highest BCUT2D eigenvalue weighted by Crippen LogP contribution is 2.28. The van der Waals surface area contributed by atoms with E-state index >= 15 is 0 Å². The van der Waals surface area contributed by atoms with Crippen molar-refractivity contribution in [2.45, 2.75) is 46.3 Å². The van der Waals surface area contributed by atoms with Gasteiger partial charge >= 0.3 is 0 Å². The Labute approximate surface area is 176 Å². The SMILES string of the molecule is Cc1cc([C@@H](C)n2c(C)cc(OCc3ncccn3)cc2=O)ccc1C#CC1CC1. The second-order valence-electron chi connectivity index (χ2n) is 7.79. The van der Waals surface area contributed by atoms with E-state index in [4.69, 9.17) is 4.74 Å². The third-order valence-corrected chi connectivity index (χ3v) is 5.33. The molecule has 0 aliphatic heterocycles. The Morgan fingerprint density at radius 2 is 1.93 bits per heavy atom. The predicted molar refractivity (Wildman–Crippen MR) is 116 cm³/mol. The average Bonchev–Trinajstić information content (AvgIpc) is 3.56. The minimum Gasteiger partial charge on any atom is -0.485 e. The Morgan fingerprint density at radius 1 is 1.17 bits per heavy atom. The number of benzene rings is 1. The Morgan fingerprint density at radius 3 is 2.60 bits per heavy atom. The minimum atomic E-state index is -0.0956. The molecule has 1 saturated carbocycles. The summed E-state index contributed by atoms with van der Waals surface area (Å²) in [6.45, 7) is 6.26. The smallest absolute Gasteiger partial charge is 0.254 e. The third-order valence-electron chi connectivity index (χ3n) is 5.33. The second kappa shape index (κ2) is 8.54. The lowest BCUT2D eigenvalue weighted by molar-refractivity contribution is 0.294. The topological polar surface area (TPSA) is 57.0 Å². The molecule has 30 heavy (non-hydrogen) atoms. The van der Waals surface area contributed by atoms with Crippen molar-refractivity contribution in [3.05, 3.63) is 87.4 Å².